The van der Waals surface area contributed by atoms with Gasteiger partial charge in [-0.05, 0) is 0 Å². The number of carbonyl (C=O) groups excluding carboxylic acids is 1. The van der Waals surface area contributed by atoms with Crippen LogP contribution in [0.3, 0.4) is 0 Å². The summed E-state index contributed by atoms with van der Waals surface area (Å²) in [6.45, 7) is 1.40. The van der Waals surface area contributed by atoms with Gasteiger partial charge in [0.1, 0.15) is 0 Å². The molecule has 0 unspecified atom stereocenters. The maximum Gasteiger partial charge on any atom is 0.226 e. The third kappa shape index (κ3) is 3.82. The van der Waals surface area contributed by atoms with Gasteiger partial charge in [-0.25, -0.2) is 0 Å². The van der Waals surface area contributed by atoms with Crippen LogP contribution in [0.2, 0.25) is 0 Å². The zero-order valence-corrected chi connectivity index (χ0v) is 3.75. The van der Waals surface area contributed by atoms with Crippen molar-refractivity contribution in [2.24, 2.45) is 0 Å². The second-order valence-corrected chi connectivity index (χ2v) is 0.892. The first-order valence-electron chi connectivity index (χ1n) is 1.18. The quantitative estimate of drug-likeness (QED) is 0.403. The fourth-order valence-corrected chi connectivity index (χ4v) is 0. The summed E-state index contributed by atoms with van der Waals surface area (Å²) in [5.41, 5.74) is 0. The molecule has 2 nitrogen and oxygen atoms in total. The topological polar surface area (TPSA) is 29.1 Å². The summed E-state index contributed by atoms with van der Waals surface area (Å²) in [7, 11) is 0. The normalized spacial score (nSPS) is 6.80. The van der Waals surface area contributed by atoms with Crippen molar-refractivity contribution < 1.29 is 4.79 Å². The molecule has 5 heavy (non-hydrogen) atoms. The van der Waals surface area contributed by atoms with Crippen molar-refractivity contribution in [1.29, 1.82) is 0 Å². The summed E-state index contributed by atoms with van der Waals surface area (Å²) in [5.74, 6) is -0.131. The SMILES string of the molecule is CC(=O)NS. The van der Waals surface area contributed by atoms with E-state index in [1.54, 1.807) is 0 Å². The van der Waals surface area contributed by atoms with Gasteiger partial charge in [-0.1, -0.05) is 12.8 Å². The van der Waals surface area contributed by atoms with E-state index in [0.29, 0.717) is 0 Å². The van der Waals surface area contributed by atoms with Crippen molar-refractivity contribution in [3.63, 3.8) is 0 Å². The highest BCUT2D eigenvalue weighted by molar-refractivity contribution is 7.78. The van der Waals surface area contributed by atoms with E-state index in [0.717, 1.165) is 0 Å². The first kappa shape index (κ1) is 4.82. The molecule has 30 valence electrons. The molecular formula is C2H5NOS. The van der Waals surface area contributed by atoms with Crippen molar-refractivity contribution in [2.45, 2.75) is 6.92 Å². The van der Waals surface area contributed by atoms with Gasteiger partial charge in [-0.2, -0.15) is 0 Å². The lowest BCUT2D eigenvalue weighted by Crippen LogP contribution is -2.04. The van der Waals surface area contributed by atoms with Crippen LogP contribution in [0.5, 0.6) is 0 Å². The van der Waals surface area contributed by atoms with Crippen molar-refractivity contribution in [3.05, 3.63) is 0 Å². The lowest BCUT2D eigenvalue weighted by molar-refractivity contribution is -0.117. The Kier molecular flexibility index (Phi) is 2.01. The molecule has 0 atom stereocenters. The largest absolute Gasteiger partial charge is 0.303 e. The average molecular weight is 91.1 g/mol. The maximum atomic E-state index is 9.62. The number of carbonyl (C=O) groups is 1. The Morgan fingerprint density at radius 1 is 2.00 bits per heavy atom. The van der Waals surface area contributed by atoms with Crippen LogP contribution >= 0.6 is 12.8 Å². The molecule has 0 aliphatic rings. The minimum absolute atomic E-state index is 0.131. The zero-order valence-electron chi connectivity index (χ0n) is 2.86. The Morgan fingerprint density at radius 2 is 2.20 bits per heavy atom. The van der Waals surface area contributed by atoms with Crippen LogP contribution < -0.4 is 4.72 Å². The average Bonchev–Trinajstić information content (AvgIpc) is 1.38. The monoisotopic (exact) mass is 91.0 g/mol. The van der Waals surface area contributed by atoms with Gasteiger partial charge < -0.3 is 4.72 Å². The molecule has 0 rings (SSSR count). The molecule has 0 fully saturated rings. The Balaban J connectivity index is 2.85. The molecule has 0 heterocycles. The zero-order chi connectivity index (χ0) is 4.28. The molecule has 0 saturated carbocycles. The fraction of sp³-hybridized carbons (Fsp3) is 0.500. The number of hydrogen-bond acceptors (Lipinski definition) is 2. The van der Waals surface area contributed by atoms with Gasteiger partial charge >= 0.3 is 0 Å². The van der Waals surface area contributed by atoms with Crippen molar-refractivity contribution in [3.8, 4) is 0 Å². The summed E-state index contributed by atoms with van der Waals surface area (Å²) >= 11 is 3.42. The molecular weight excluding hydrogens is 86.1 g/mol. The highest BCUT2D eigenvalue weighted by Crippen LogP contribution is 1.57. The predicted molar refractivity (Wildman–Crippen MR) is 22.8 cm³/mol. The molecule has 0 spiro atoms. The summed E-state index contributed by atoms with van der Waals surface area (Å²) in [6.07, 6.45) is 0. The molecule has 0 aromatic carbocycles. The van der Waals surface area contributed by atoms with E-state index < -0.39 is 0 Å². The van der Waals surface area contributed by atoms with E-state index in [4.69, 9.17) is 0 Å². The Labute approximate surface area is 36.1 Å². The van der Waals surface area contributed by atoms with Crippen LogP contribution in [0, 0.1) is 0 Å². The molecule has 1 N–H and O–H groups in total. The number of rotatable bonds is 0. The van der Waals surface area contributed by atoms with Gasteiger partial charge in [0.2, 0.25) is 5.91 Å². The van der Waals surface area contributed by atoms with E-state index in [-0.39, 0.29) is 5.91 Å². The Hall–Kier alpha value is -0.180. The number of nitrogens with one attached hydrogen (secondary N) is 1. The number of amides is 1. The Morgan fingerprint density at radius 3 is 2.20 bits per heavy atom. The third-order valence-corrected chi connectivity index (χ3v) is 0.472. The smallest absolute Gasteiger partial charge is 0.226 e. The third-order valence-electron chi connectivity index (χ3n) is 0.157. The molecule has 0 saturated heterocycles. The molecule has 0 aromatic rings. The summed E-state index contributed by atoms with van der Waals surface area (Å²) in [4.78, 5) is 9.62. The van der Waals surface area contributed by atoms with Crippen LogP contribution in [0.15, 0.2) is 0 Å². The summed E-state index contributed by atoms with van der Waals surface area (Å²) in [6, 6.07) is 0. The molecule has 3 heteroatoms. The van der Waals surface area contributed by atoms with Crippen LogP contribution in [0.1, 0.15) is 6.92 Å². The number of hydrogen-bond donors (Lipinski definition) is 2. The first-order valence-corrected chi connectivity index (χ1v) is 1.62. The van der Waals surface area contributed by atoms with E-state index in [1.807, 2.05) is 0 Å². The molecule has 0 aromatic heterocycles. The van der Waals surface area contributed by atoms with Gasteiger partial charge in [0.25, 0.3) is 0 Å². The molecule has 0 aliphatic carbocycles. The van der Waals surface area contributed by atoms with E-state index in [2.05, 4.69) is 17.5 Å². The lowest BCUT2D eigenvalue weighted by Gasteiger charge is -1.78. The van der Waals surface area contributed by atoms with Crippen molar-refractivity contribution in [1.82, 2.24) is 4.72 Å². The van der Waals surface area contributed by atoms with Crippen LogP contribution in [0.25, 0.3) is 0 Å². The minimum Gasteiger partial charge on any atom is -0.303 e. The summed E-state index contributed by atoms with van der Waals surface area (Å²) < 4.78 is 2.08. The van der Waals surface area contributed by atoms with Gasteiger partial charge in [0, 0.05) is 6.92 Å². The highest BCUT2D eigenvalue weighted by Gasteiger charge is 1.73. The van der Waals surface area contributed by atoms with Gasteiger partial charge in [-0.15, -0.1) is 0 Å². The minimum atomic E-state index is -0.131. The maximum absolute atomic E-state index is 9.62. The first-order chi connectivity index (χ1) is 2.27. The van der Waals surface area contributed by atoms with Crippen LogP contribution in [-0.2, 0) is 4.79 Å². The van der Waals surface area contributed by atoms with Crippen LogP contribution in [-0.4, -0.2) is 5.91 Å². The van der Waals surface area contributed by atoms with E-state index in [9.17, 15) is 4.79 Å². The van der Waals surface area contributed by atoms with E-state index in [1.165, 1.54) is 6.92 Å². The van der Waals surface area contributed by atoms with Crippen molar-refractivity contribution in [2.75, 3.05) is 0 Å². The van der Waals surface area contributed by atoms with Gasteiger partial charge in [-0.3, -0.25) is 4.79 Å². The van der Waals surface area contributed by atoms with Crippen LogP contribution in [0.4, 0.5) is 0 Å². The van der Waals surface area contributed by atoms with Crippen molar-refractivity contribution >= 4 is 18.7 Å². The lowest BCUT2D eigenvalue weighted by atomic mass is 10.8. The second kappa shape index (κ2) is 2.08. The van der Waals surface area contributed by atoms with Gasteiger partial charge in [0.05, 0.1) is 0 Å². The molecule has 1 amide bonds. The Bertz CT molecular complexity index is 44.9. The second-order valence-electron chi connectivity index (χ2n) is 0.668. The van der Waals surface area contributed by atoms with Gasteiger partial charge in [0.15, 0.2) is 0 Å². The molecule has 0 aliphatic heterocycles. The van der Waals surface area contributed by atoms with E-state index >= 15 is 0 Å². The summed E-state index contributed by atoms with van der Waals surface area (Å²) in [5, 5.41) is 0. The standard InChI is InChI=1S/C2H5NOS/c1-2(4)3-5/h5H,1H3,(H,3,4). The highest BCUT2D eigenvalue weighted by atomic mass is 32.1. The molecule has 0 radical (unpaired) electrons. The number of thiol groups is 1. The molecule has 0 bridgehead atoms. The predicted octanol–water partition coefficient (Wildman–Crippen LogP) is -0.0327. The fourth-order valence-electron chi connectivity index (χ4n) is 0.